The molecule has 5 heterocycles. The minimum atomic E-state index is -0.598. The van der Waals surface area contributed by atoms with Crippen LogP contribution in [0.25, 0.3) is 28.0 Å². The highest BCUT2D eigenvalue weighted by Crippen LogP contribution is 2.30. The molecule has 5 rings (SSSR count). The Kier molecular flexibility index (Phi) is 5.88. The molecular formula is C25H25FN8O2. The molecule has 0 aliphatic carbocycles. The van der Waals surface area contributed by atoms with Gasteiger partial charge < -0.3 is 9.64 Å². The van der Waals surface area contributed by atoms with Crippen molar-refractivity contribution in [3.63, 3.8) is 0 Å². The number of nitriles is 1. The summed E-state index contributed by atoms with van der Waals surface area (Å²) in [6.07, 6.45) is 9.47. The second-order valence-electron chi connectivity index (χ2n) is 9.72. The van der Waals surface area contributed by atoms with Gasteiger partial charge in [0.15, 0.2) is 0 Å². The van der Waals surface area contributed by atoms with Crippen LogP contribution in [0.1, 0.15) is 45.2 Å². The standard InChI is InChI=1S/C25H25FN8O2/c1-25(2,3)36-24(35)32-8-6-19(7-9-32)33-14-18(13-29-33)20-15-34-23(17(10-27)12-30-34)22(31-20)16-4-5-21(26)28-11-16/h4-5,11-15,19H,6-9H2,1-3H3. The van der Waals surface area contributed by atoms with Crippen molar-refractivity contribution in [1.29, 1.82) is 5.26 Å². The van der Waals surface area contributed by atoms with E-state index in [4.69, 9.17) is 9.72 Å². The van der Waals surface area contributed by atoms with E-state index >= 15 is 0 Å². The zero-order chi connectivity index (χ0) is 25.4. The predicted octanol–water partition coefficient (Wildman–Crippen LogP) is 4.24. The van der Waals surface area contributed by atoms with Crippen molar-refractivity contribution in [3.8, 4) is 28.6 Å². The zero-order valence-electron chi connectivity index (χ0n) is 20.2. The van der Waals surface area contributed by atoms with Crippen LogP contribution in [0.4, 0.5) is 9.18 Å². The summed E-state index contributed by atoms with van der Waals surface area (Å²) >= 11 is 0. The van der Waals surface area contributed by atoms with Crippen LogP contribution in [0.2, 0.25) is 0 Å². The number of halogens is 1. The number of hydrogen-bond acceptors (Lipinski definition) is 7. The molecule has 11 heteroatoms. The van der Waals surface area contributed by atoms with Crippen molar-refractivity contribution in [2.24, 2.45) is 0 Å². The van der Waals surface area contributed by atoms with Crippen molar-refractivity contribution >= 4 is 11.6 Å². The summed E-state index contributed by atoms with van der Waals surface area (Å²) in [5.74, 6) is -0.598. The summed E-state index contributed by atoms with van der Waals surface area (Å²) in [6.45, 7) is 6.75. The third-order valence-electron chi connectivity index (χ3n) is 6.01. The molecule has 0 saturated carbocycles. The van der Waals surface area contributed by atoms with Gasteiger partial charge in [-0.15, -0.1) is 0 Å². The smallest absolute Gasteiger partial charge is 0.410 e. The first kappa shape index (κ1) is 23.4. The molecular weight excluding hydrogens is 463 g/mol. The number of pyridine rings is 1. The number of carbonyl (C=O) groups excluding carboxylic acids is 1. The fourth-order valence-electron chi connectivity index (χ4n) is 4.26. The highest BCUT2D eigenvalue weighted by molar-refractivity contribution is 5.82. The van der Waals surface area contributed by atoms with Crippen molar-refractivity contribution in [1.82, 2.24) is 34.3 Å². The van der Waals surface area contributed by atoms with E-state index in [9.17, 15) is 14.4 Å². The average Bonchev–Trinajstić information content (AvgIpc) is 3.50. The lowest BCUT2D eigenvalue weighted by Crippen LogP contribution is -2.42. The number of rotatable bonds is 3. The van der Waals surface area contributed by atoms with Crippen LogP contribution in [0, 0.1) is 17.3 Å². The Morgan fingerprint density at radius 3 is 2.56 bits per heavy atom. The molecule has 1 aliphatic heterocycles. The van der Waals surface area contributed by atoms with E-state index < -0.39 is 11.5 Å². The molecule has 36 heavy (non-hydrogen) atoms. The first-order valence-electron chi connectivity index (χ1n) is 11.6. The molecule has 184 valence electrons. The van der Waals surface area contributed by atoms with Gasteiger partial charge in [-0.05, 0) is 45.7 Å². The van der Waals surface area contributed by atoms with E-state index in [0.29, 0.717) is 41.1 Å². The molecule has 1 fully saturated rings. The van der Waals surface area contributed by atoms with Gasteiger partial charge in [0.25, 0.3) is 0 Å². The highest BCUT2D eigenvalue weighted by atomic mass is 19.1. The van der Waals surface area contributed by atoms with Crippen molar-refractivity contribution in [3.05, 3.63) is 54.6 Å². The quantitative estimate of drug-likeness (QED) is 0.396. The summed E-state index contributed by atoms with van der Waals surface area (Å²) in [5, 5.41) is 18.4. The number of aromatic nitrogens is 6. The van der Waals surface area contributed by atoms with Gasteiger partial charge in [-0.25, -0.2) is 19.3 Å². The summed E-state index contributed by atoms with van der Waals surface area (Å²) in [5.41, 5.74) is 2.79. The van der Waals surface area contributed by atoms with E-state index in [1.165, 1.54) is 18.5 Å². The molecule has 0 spiro atoms. The Bertz CT molecular complexity index is 1450. The number of fused-ring (bicyclic) bond motifs is 1. The number of amides is 1. The van der Waals surface area contributed by atoms with Gasteiger partial charge in [0.1, 0.15) is 22.8 Å². The van der Waals surface area contributed by atoms with Gasteiger partial charge in [-0.1, -0.05) is 0 Å². The average molecular weight is 489 g/mol. The number of piperidine rings is 1. The van der Waals surface area contributed by atoms with Crippen LogP contribution >= 0.6 is 0 Å². The molecule has 1 saturated heterocycles. The molecule has 4 aromatic rings. The van der Waals surface area contributed by atoms with Gasteiger partial charge in [0.05, 0.1) is 36.0 Å². The molecule has 0 radical (unpaired) electrons. The zero-order valence-corrected chi connectivity index (χ0v) is 20.2. The van der Waals surface area contributed by atoms with Gasteiger partial charge in [0.2, 0.25) is 5.95 Å². The van der Waals surface area contributed by atoms with Crippen LogP contribution in [0.5, 0.6) is 0 Å². The largest absolute Gasteiger partial charge is 0.444 e. The fraction of sp³-hybridized carbons (Fsp3) is 0.360. The molecule has 0 aromatic carbocycles. The molecule has 0 unspecified atom stereocenters. The van der Waals surface area contributed by atoms with E-state index in [2.05, 4.69) is 21.3 Å². The van der Waals surface area contributed by atoms with E-state index in [1.54, 1.807) is 27.9 Å². The molecule has 1 aliphatic rings. The minimum Gasteiger partial charge on any atom is -0.444 e. The Morgan fingerprint density at radius 1 is 1.11 bits per heavy atom. The van der Waals surface area contributed by atoms with E-state index in [0.717, 1.165) is 18.4 Å². The first-order valence-corrected chi connectivity index (χ1v) is 11.6. The number of hydrogen-bond donors (Lipinski definition) is 0. The number of carbonyl (C=O) groups is 1. The van der Waals surface area contributed by atoms with Crippen LogP contribution in [-0.2, 0) is 4.74 Å². The maximum absolute atomic E-state index is 13.4. The Labute approximate surface area is 206 Å². The van der Waals surface area contributed by atoms with Crippen molar-refractivity contribution < 1.29 is 13.9 Å². The summed E-state index contributed by atoms with van der Waals surface area (Å²) in [4.78, 5) is 22.6. The molecule has 0 N–H and O–H groups in total. The minimum absolute atomic E-state index is 0.136. The van der Waals surface area contributed by atoms with Crippen LogP contribution in [-0.4, -0.2) is 59.0 Å². The van der Waals surface area contributed by atoms with Crippen molar-refractivity contribution in [2.75, 3.05) is 13.1 Å². The van der Waals surface area contributed by atoms with E-state index in [1.807, 2.05) is 31.6 Å². The Morgan fingerprint density at radius 2 is 1.89 bits per heavy atom. The fourth-order valence-corrected chi connectivity index (χ4v) is 4.26. The second-order valence-corrected chi connectivity index (χ2v) is 9.72. The third-order valence-corrected chi connectivity index (χ3v) is 6.01. The monoisotopic (exact) mass is 488 g/mol. The third kappa shape index (κ3) is 4.62. The Balaban J connectivity index is 1.40. The van der Waals surface area contributed by atoms with Gasteiger partial charge in [-0.2, -0.15) is 19.8 Å². The summed E-state index contributed by atoms with van der Waals surface area (Å²) in [6, 6.07) is 5.09. The Hall–Kier alpha value is -4.33. The molecule has 0 bridgehead atoms. The summed E-state index contributed by atoms with van der Waals surface area (Å²) < 4.78 is 22.4. The van der Waals surface area contributed by atoms with Gasteiger partial charge in [0, 0.05) is 36.6 Å². The second kappa shape index (κ2) is 9.03. The lowest BCUT2D eigenvalue weighted by molar-refractivity contribution is 0.0185. The molecule has 10 nitrogen and oxygen atoms in total. The van der Waals surface area contributed by atoms with E-state index in [-0.39, 0.29) is 12.1 Å². The number of ether oxygens (including phenoxy) is 1. The maximum Gasteiger partial charge on any atom is 0.410 e. The van der Waals surface area contributed by atoms with Crippen LogP contribution < -0.4 is 0 Å². The summed E-state index contributed by atoms with van der Waals surface area (Å²) in [7, 11) is 0. The molecule has 1 amide bonds. The molecule has 0 atom stereocenters. The highest BCUT2D eigenvalue weighted by Gasteiger charge is 2.28. The number of likely N-dealkylation sites (tertiary alicyclic amines) is 1. The molecule has 4 aromatic heterocycles. The normalized spacial score (nSPS) is 14.7. The van der Waals surface area contributed by atoms with Gasteiger partial charge >= 0.3 is 6.09 Å². The van der Waals surface area contributed by atoms with Crippen molar-refractivity contribution in [2.45, 2.75) is 45.3 Å². The maximum atomic E-state index is 13.4. The lowest BCUT2D eigenvalue weighted by Gasteiger charge is -2.33. The van der Waals surface area contributed by atoms with Crippen LogP contribution in [0.3, 0.4) is 0 Å². The van der Waals surface area contributed by atoms with Gasteiger partial charge in [-0.3, -0.25) is 4.68 Å². The SMILES string of the molecule is CC(C)(C)OC(=O)N1CCC(n2cc(-c3cn4ncc(C#N)c4c(-c4ccc(F)nc4)n3)cn2)CC1. The predicted molar refractivity (Wildman–Crippen MR) is 128 cm³/mol. The van der Waals surface area contributed by atoms with Crippen LogP contribution in [0.15, 0.2) is 43.1 Å². The topological polar surface area (TPSA) is 114 Å². The number of nitrogens with zero attached hydrogens (tertiary/aromatic N) is 8. The lowest BCUT2D eigenvalue weighted by atomic mass is 10.1. The first-order chi connectivity index (χ1) is 17.2.